The van der Waals surface area contributed by atoms with Gasteiger partial charge in [0.05, 0.1) is 42.7 Å². The largest absolute Gasteiger partial charge is 0.497 e. The lowest BCUT2D eigenvalue weighted by molar-refractivity contribution is 0.415. The summed E-state index contributed by atoms with van der Waals surface area (Å²) in [5, 5.41) is 7.29. The average molecular weight is 905 g/mol. The summed E-state index contributed by atoms with van der Waals surface area (Å²) in [5.74, 6) is 4.83. The number of halogens is 2. The molecule has 55 heavy (non-hydrogen) atoms. The van der Waals surface area contributed by atoms with Gasteiger partial charge in [-0.15, -0.1) is 0 Å². The standard InChI is InChI=1S/C45H46Br2O6P2/c1-48-32-7-19-38(20-8-32)54(39-21-9-33(49-2)10-22-39,40-23-11-34(50-3)12-24-40)44(46)31-45(47)55(41-25-13-35(51-4)14-26-41,42-27-15-36(52-5)16-28-42)43-29-17-37(53-6)18-30-43/h7-30,44-45H,31H2,1-6H3/q+2. The molecule has 0 fully saturated rings. The Kier molecular flexibility index (Phi) is 13.5. The molecule has 0 saturated carbocycles. The molecule has 6 nitrogen and oxygen atoms in total. The smallest absolute Gasteiger partial charge is 0.142 e. The summed E-state index contributed by atoms with van der Waals surface area (Å²) in [4.78, 5) is 0. The molecular weight excluding hydrogens is 858 g/mol. The molecule has 0 saturated heterocycles. The lowest BCUT2D eigenvalue weighted by Crippen LogP contribution is -2.41. The molecular formula is C45H46Br2O6P2+2. The molecule has 2 atom stereocenters. The van der Waals surface area contributed by atoms with Crippen LogP contribution in [0.4, 0.5) is 0 Å². The quantitative estimate of drug-likeness (QED) is 0.0716. The van der Waals surface area contributed by atoms with Crippen LogP contribution in [0, 0.1) is 0 Å². The minimum Gasteiger partial charge on any atom is -0.497 e. The number of benzene rings is 6. The first-order chi connectivity index (χ1) is 26.8. The Morgan fingerprint density at radius 3 is 0.582 bits per heavy atom. The van der Waals surface area contributed by atoms with Crippen LogP contribution in [0.3, 0.4) is 0 Å². The van der Waals surface area contributed by atoms with Crippen molar-refractivity contribution in [2.75, 3.05) is 42.7 Å². The van der Waals surface area contributed by atoms with Crippen LogP contribution in [0.15, 0.2) is 146 Å². The molecule has 2 unspecified atom stereocenters. The maximum Gasteiger partial charge on any atom is 0.142 e. The van der Waals surface area contributed by atoms with E-state index in [0.717, 1.165) is 40.9 Å². The number of alkyl halides is 2. The number of methoxy groups -OCH3 is 6. The normalized spacial score (nSPS) is 12.7. The Morgan fingerprint density at radius 2 is 0.455 bits per heavy atom. The lowest BCUT2D eigenvalue weighted by atomic mass is 10.3. The van der Waals surface area contributed by atoms with Crippen LogP contribution in [0.2, 0.25) is 0 Å². The third-order valence-corrected chi connectivity index (χ3v) is 23.3. The minimum absolute atomic E-state index is 0.0475. The van der Waals surface area contributed by atoms with Crippen molar-refractivity contribution >= 4 is 78.2 Å². The van der Waals surface area contributed by atoms with Crippen LogP contribution in [0.25, 0.3) is 0 Å². The van der Waals surface area contributed by atoms with Crippen molar-refractivity contribution in [2.45, 2.75) is 15.6 Å². The summed E-state index contributed by atoms with van der Waals surface area (Å²) < 4.78 is 33.9. The lowest BCUT2D eigenvalue weighted by Gasteiger charge is -2.36. The van der Waals surface area contributed by atoms with Crippen molar-refractivity contribution in [3.63, 3.8) is 0 Å². The summed E-state index contributed by atoms with van der Waals surface area (Å²) in [6, 6.07) is 51.4. The summed E-state index contributed by atoms with van der Waals surface area (Å²) in [6.45, 7) is 0. The molecule has 284 valence electrons. The zero-order valence-electron chi connectivity index (χ0n) is 31.8. The molecule has 0 aliphatic heterocycles. The van der Waals surface area contributed by atoms with Crippen LogP contribution in [0.1, 0.15) is 6.42 Å². The van der Waals surface area contributed by atoms with Crippen LogP contribution in [-0.2, 0) is 0 Å². The molecule has 0 spiro atoms. The van der Waals surface area contributed by atoms with Crippen LogP contribution >= 0.6 is 46.4 Å². The minimum atomic E-state index is -2.49. The van der Waals surface area contributed by atoms with Crippen molar-refractivity contribution < 1.29 is 28.4 Å². The second-order valence-corrected chi connectivity index (χ2v) is 23.6. The molecule has 0 aliphatic carbocycles. The SMILES string of the molecule is COc1ccc([P+](c2ccc(OC)cc2)(c2ccc(OC)cc2)C(Br)CC(Br)[P+](c2ccc(OC)cc2)(c2ccc(OC)cc2)c2ccc(OC)cc2)cc1. The molecule has 0 amide bonds. The van der Waals surface area contributed by atoms with Crippen molar-refractivity contribution in [2.24, 2.45) is 0 Å². The number of ether oxygens (including phenoxy) is 6. The highest BCUT2D eigenvalue weighted by Crippen LogP contribution is 2.69. The first kappa shape index (κ1) is 40.6. The van der Waals surface area contributed by atoms with Gasteiger partial charge in [0.1, 0.15) is 90.0 Å². The molecule has 10 heteroatoms. The second-order valence-electron chi connectivity index (χ2n) is 12.7. The molecule has 0 heterocycles. The summed E-state index contributed by atoms with van der Waals surface area (Å²) >= 11 is 8.96. The highest BCUT2D eigenvalue weighted by Gasteiger charge is 2.58. The van der Waals surface area contributed by atoms with E-state index in [4.69, 9.17) is 28.4 Å². The van der Waals surface area contributed by atoms with Gasteiger partial charge in [0, 0.05) is 6.42 Å². The fourth-order valence-electron chi connectivity index (χ4n) is 7.25. The van der Waals surface area contributed by atoms with E-state index >= 15 is 0 Å². The molecule has 0 radical (unpaired) electrons. The zero-order valence-corrected chi connectivity index (χ0v) is 36.8. The van der Waals surface area contributed by atoms with Gasteiger partial charge in [0.25, 0.3) is 0 Å². The van der Waals surface area contributed by atoms with Gasteiger partial charge in [-0.25, -0.2) is 0 Å². The first-order valence-corrected chi connectivity index (χ1v) is 23.3. The van der Waals surface area contributed by atoms with Crippen molar-refractivity contribution in [1.29, 1.82) is 0 Å². The van der Waals surface area contributed by atoms with Gasteiger partial charge in [-0.2, -0.15) is 0 Å². The van der Waals surface area contributed by atoms with E-state index in [1.165, 1.54) is 31.8 Å². The summed E-state index contributed by atoms with van der Waals surface area (Å²) in [5.41, 5.74) is 0. The molecule has 0 aliphatic rings. The predicted molar refractivity (Wildman–Crippen MR) is 240 cm³/mol. The third-order valence-electron chi connectivity index (χ3n) is 10.1. The van der Waals surface area contributed by atoms with Crippen LogP contribution < -0.4 is 60.2 Å². The van der Waals surface area contributed by atoms with Crippen molar-refractivity contribution in [1.82, 2.24) is 0 Å². The second kappa shape index (κ2) is 18.3. The average Bonchev–Trinajstić information content (AvgIpc) is 3.25. The van der Waals surface area contributed by atoms with Gasteiger partial charge in [0.2, 0.25) is 0 Å². The number of rotatable bonds is 16. The van der Waals surface area contributed by atoms with E-state index in [1.807, 2.05) is 0 Å². The predicted octanol–water partition coefficient (Wildman–Crippen LogP) is 8.86. The van der Waals surface area contributed by atoms with Crippen LogP contribution in [0.5, 0.6) is 34.5 Å². The van der Waals surface area contributed by atoms with Crippen molar-refractivity contribution in [3.05, 3.63) is 146 Å². The Morgan fingerprint density at radius 1 is 0.309 bits per heavy atom. The fourth-order valence-corrected chi connectivity index (χ4v) is 22.0. The summed E-state index contributed by atoms with van der Waals surface area (Å²) in [6.07, 6.45) is 0.746. The maximum absolute atomic E-state index is 5.66. The van der Waals surface area contributed by atoms with E-state index in [0.29, 0.717) is 0 Å². The first-order valence-electron chi connectivity index (χ1n) is 17.7. The van der Waals surface area contributed by atoms with Gasteiger partial charge in [-0.05, 0) is 177 Å². The van der Waals surface area contributed by atoms with E-state index in [-0.39, 0.29) is 9.14 Å². The van der Waals surface area contributed by atoms with E-state index < -0.39 is 14.5 Å². The zero-order chi connectivity index (χ0) is 39.0. The van der Waals surface area contributed by atoms with E-state index in [2.05, 4.69) is 177 Å². The van der Waals surface area contributed by atoms with Gasteiger partial charge in [0.15, 0.2) is 0 Å². The number of hydrogen-bond acceptors (Lipinski definition) is 6. The molecule has 0 bridgehead atoms. The van der Waals surface area contributed by atoms with Crippen LogP contribution in [-0.4, -0.2) is 51.8 Å². The highest BCUT2D eigenvalue weighted by molar-refractivity contribution is 9.11. The topological polar surface area (TPSA) is 55.4 Å². The molecule has 0 aromatic heterocycles. The van der Waals surface area contributed by atoms with Gasteiger partial charge in [-0.3, -0.25) is 0 Å². The van der Waals surface area contributed by atoms with E-state index in [1.54, 1.807) is 42.7 Å². The Balaban J connectivity index is 1.63. The van der Waals surface area contributed by atoms with Crippen molar-refractivity contribution in [3.8, 4) is 34.5 Å². The Hall–Kier alpha value is -4.06. The molecule has 6 aromatic carbocycles. The van der Waals surface area contributed by atoms with Gasteiger partial charge >= 0.3 is 0 Å². The fraction of sp³-hybridized carbons (Fsp3) is 0.200. The summed E-state index contributed by atoms with van der Waals surface area (Å²) in [7, 11) is 5.23. The maximum atomic E-state index is 5.66. The van der Waals surface area contributed by atoms with Gasteiger partial charge in [-0.1, -0.05) is 0 Å². The highest BCUT2D eigenvalue weighted by atomic mass is 79.9. The number of hydrogen-bond donors (Lipinski definition) is 0. The monoisotopic (exact) mass is 902 g/mol. The molecule has 0 N–H and O–H groups in total. The van der Waals surface area contributed by atoms with Gasteiger partial charge < -0.3 is 28.4 Å². The Bertz CT molecular complexity index is 1730. The van der Waals surface area contributed by atoms with E-state index in [9.17, 15) is 0 Å². The molecule has 6 rings (SSSR count). The Labute approximate surface area is 343 Å². The molecule has 6 aromatic rings. The third kappa shape index (κ3) is 7.98.